The second kappa shape index (κ2) is 8.13. The van der Waals surface area contributed by atoms with Gasteiger partial charge in [-0.2, -0.15) is 0 Å². The first kappa shape index (κ1) is 18.4. The van der Waals surface area contributed by atoms with Crippen molar-refractivity contribution in [3.63, 3.8) is 0 Å². The molecule has 0 saturated carbocycles. The molecule has 0 unspecified atom stereocenters. The molecular weight excluding hydrogens is 296 g/mol. The van der Waals surface area contributed by atoms with Crippen molar-refractivity contribution >= 4 is 20.3 Å². The van der Waals surface area contributed by atoms with Crippen molar-refractivity contribution < 1.29 is 18.8 Å². The van der Waals surface area contributed by atoms with E-state index in [0.29, 0.717) is 12.5 Å². The summed E-state index contributed by atoms with van der Waals surface area (Å²) in [7, 11) is -2.01. The van der Waals surface area contributed by atoms with E-state index in [1.807, 2.05) is 19.6 Å². The van der Waals surface area contributed by atoms with Gasteiger partial charge < -0.3 is 9.16 Å². The van der Waals surface area contributed by atoms with Crippen LogP contribution in [0, 0.1) is 5.92 Å². The molecule has 0 aliphatic rings. The Bertz CT molecular complexity index is 518. The number of esters is 1. The average Bonchev–Trinajstić information content (AvgIpc) is 2.41. The first-order chi connectivity index (χ1) is 10.2. The van der Waals surface area contributed by atoms with Gasteiger partial charge in [-0.15, -0.1) is 0 Å². The third-order valence-electron chi connectivity index (χ3n) is 2.92. The van der Waals surface area contributed by atoms with Gasteiger partial charge in [0.25, 0.3) is 0 Å². The number of benzene rings is 1. The summed E-state index contributed by atoms with van der Waals surface area (Å²) in [6, 6.07) is 6.64. The van der Waals surface area contributed by atoms with Gasteiger partial charge in [-0.3, -0.25) is 0 Å². The Morgan fingerprint density at radius 3 is 2.09 bits per heavy atom. The molecule has 1 aromatic carbocycles. The fraction of sp³-hybridized carbons (Fsp3) is 0.529. The Morgan fingerprint density at radius 2 is 1.59 bits per heavy atom. The molecule has 0 aliphatic heterocycles. The molecule has 0 saturated heterocycles. The summed E-state index contributed by atoms with van der Waals surface area (Å²) in [5.74, 6) is -0.335. The van der Waals surface area contributed by atoms with Crippen LogP contribution in [0.25, 0.3) is 0 Å². The van der Waals surface area contributed by atoms with Crippen molar-refractivity contribution in [2.75, 3.05) is 6.61 Å². The summed E-state index contributed by atoms with van der Waals surface area (Å²) in [5.41, 5.74) is 0.550. The zero-order chi connectivity index (χ0) is 16.8. The molecular formula is C17H26O4Si. The van der Waals surface area contributed by atoms with Gasteiger partial charge >= 0.3 is 11.9 Å². The molecule has 122 valence electrons. The molecule has 0 spiro atoms. The van der Waals surface area contributed by atoms with Crippen molar-refractivity contribution in [2.24, 2.45) is 5.92 Å². The first-order valence-electron chi connectivity index (χ1n) is 7.70. The van der Waals surface area contributed by atoms with Crippen LogP contribution >= 0.6 is 0 Å². The van der Waals surface area contributed by atoms with Crippen molar-refractivity contribution in [1.29, 1.82) is 0 Å². The van der Waals surface area contributed by atoms with E-state index in [9.17, 15) is 9.59 Å². The molecule has 0 aromatic heterocycles. The largest absolute Gasteiger partial charge is 0.516 e. The van der Waals surface area contributed by atoms with Crippen LogP contribution in [0.2, 0.25) is 19.6 Å². The highest BCUT2D eigenvalue weighted by Gasteiger charge is 2.24. The lowest BCUT2D eigenvalue weighted by Crippen LogP contribution is -2.30. The maximum Gasteiger partial charge on any atom is 0.339 e. The summed E-state index contributed by atoms with van der Waals surface area (Å²) in [6.07, 6.45) is 1.83. The lowest BCUT2D eigenvalue weighted by molar-refractivity contribution is 0.0486. The fourth-order valence-corrected chi connectivity index (χ4v) is 2.57. The fourth-order valence-electron chi connectivity index (χ4n) is 1.91. The predicted octanol–water partition coefficient (Wildman–Crippen LogP) is 4.27. The maximum atomic E-state index is 12.2. The quantitative estimate of drug-likeness (QED) is 0.427. The summed E-state index contributed by atoms with van der Waals surface area (Å²) in [6.45, 7) is 10.4. The van der Waals surface area contributed by atoms with Gasteiger partial charge in [0.05, 0.1) is 17.7 Å². The number of carbonyl (C=O) groups is 2. The molecule has 0 amide bonds. The summed E-state index contributed by atoms with van der Waals surface area (Å²) < 4.78 is 10.7. The highest BCUT2D eigenvalue weighted by Crippen LogP contribution is 2.15. The zero-order valence-corrected chi connectivity index (χ0v) is 15.1. The van der Waals surface area contributed by atoms with Crippen molar-refractivity contribution in [2.45, 2.75) is 46.3 Å². The van der Waals surface area contributed by atoms with Gasteiger partial charge in [-0.1, -0.05) is 26.0 Å². The van der Waals surface area contributed by atoms with Gasteiger partial charge in [-0.05, 0) is 50.5 Å². The van der Waals surface area contributed by atoms with E-state index >= 15 is 0 Å². The number of carbonyl (C=O) groups excluding carboxylic acids is 2. The van der Waals surface area contributed by atoms with E-state index < -0.39 is 20.3 Å². The number of hydrogen-bond acceptors (Lipinski definition) is 4. The van der Waals surface area contributed by atoms with Crippen molar-refractivity contribution in [3.8, 4) is 0 Å². The van der Waals surface area contributed by atoms with Crippen LogP contribution in [0.15, 0.2) is 24.3 Å². The Hall–Kier alpha value is -1.62. The normalized spacial score (nSPS) is 11.4. The molecule has 0 aliphatic carbocycles. The second-order valence-electron chi connectivity index (χ2n) is 6.72. The molecule has 4 nitrogen and oxygen atoms in total. The maximum absolute atomic E-state index is 12.2. The first-order valence-corrected chi connectivity index (χ1v) is 11.1. The molecule has 0 fully saturated rings. The number of rotatable bonds is 7. The van der Waals surface area contributed by atoms with Gasteiger partial charge in [0.2, 0.25) is 8.32 Å². The minimum atomic E-state index is -2.01. The molecule has 0 heterocycles. The summed E-state index contributed by atoms with van der Waals surface area (Å²) in [4.78, 5) is 24.4. The monoisotopic (exact) mass is 322 g/mol. The third kappa shape index (κ3) is 6.43. The average molecular weight is 322 g/mol. The second-order valence-corrected chi connectivity index (χ2v) is 11.1. The van der Waals surface area contributed by atoms with E-state index in [1.54, 1.807) is 24.3 Å². The van der Waals surface area contributed by atoms with Crippen LogP contribution in [0.4, 0.5) is 0 Å². The van der Waals surface area contributed by atoms with Crippen LogP contribution in [0.3, 0.4) is 0 Å². The van der Waals surface area contributed by atoms with Crippen LogP contribution < -0.4 is 0 Å². The Labute approximate surface area is 134 Å². The number of ether oxygens (including phenoxy) is 1. The molecule has 0 atom stereocenters. The van der Waals surface area contributed by atoms with Gasteiger partial charge in [0.15, 0.2) is 0 Å². The van der Waals surface area contributed by atoms with E-state index in [-0.39, 0.29) is 11.1 Å². The lowest BCUT2D eigenvalue weighted by atomic mass is 10.1. The van der Waals surface area contributed by atoms with Crippen molar-refractivity contribution in [1.82, 2.24) is 0 Å². The minimum Gasteiger partial charge on any atom is -0.516 e. The highest BCUT2D eigenvalue weighted by atomic mass is 28.4. The van der Waals surface area contributed by atoms with Crippen LogP contribution in [0.1, 0.15) is 47.4 Å². The van der Waals surface area contributed by atoms with Crippen LogP contribution in [0.5, 0.6) is 0 Å². The molecule has 0 bridgehead atoms. The highest BCUT2D eigenvalue weighted by molar-refractivity contribution is 6.71. The standard InChI is InChI=1S/C17H26O4Si/c1-13(2)9-8-12-20-16(18)14-10-6-7-11-15(14)17(19)21-22(3,4)5/h6-7,10-11,13H,8-9,12H2,1-5H3. The van der Waals surface area contributed by atoms with Gasteiger partial charge in [0, 0.05) is 0 Å². The molecule has 5 heteroatoms. The molecule has 1 rings (SSSR count). The zero-order valence-electron chi connectivity index (χ0n) is 14.1. The smallest absolute Gasteiger partial charge is 0.339 e. The summed E-state index contributed by atoms with van der Waals surface area (Å²) in [5, 5.41) is 0. The van der Waals surface area contributed by atoms with Gasteiger partial charge in [0.1, 0.15) is 0 Å². The molecule has 1 aromatic rings. The Morgan fingerprint density at radius 1 is 1.05 bits per heavy atom. The predicted molar refractivity (Wildman–Crippen MR) is 89.6 cm³/mol. The minimum absolute atomic E-state index is 0.273. The van der Waals surface area contributed by atoms with Crippen LogP contribution in [-0.4, -0.2) is 26.9 Å². The van der Waals surface area contributed by atoms with E-state index in [1.165, 1.54) is 0 Å². The van der Waals surface area contributed by atoms with Crippen molar-refractivity contribution in [3.05, 3.63) is 35.4 Å². The van der Waals surface area contributed by atoms with E-state index in [0.717, 1.165) is 12.8 Å². The SMILES string of the molecule is CC(C)CCCOC(=O)c1ccccc1C(=O)O[Si](C)(C)C. The summed E-state index contributed by atoms with van der Waals surface area (Å²) >= 11 is 0. The molecule has 0 radical (unpaired) electrons. The topological polar surface area (TPSA) is 52.6 Å². The van der Waals surface area contributed by atoms with Crippen LogP contribution in [-0.2, 0) is 9.16 Å². The Kier molecular flexibility index (Phi) is 6.81. The van der Waals surface area contributed by atoms with E-state index in [2.05, 4.69) is 13.8 Å². The molecule has 0 N–H and O–H groups in total. The van der Waals surface area contributed by atoms with Gasteiger partial charge in [-0.25, -0.2) is 9.59 Å². The third-order valence-corrected chi connectivity index (χ3v) is 3.72. The lowest BCUT2D eigenvalue weighted by Gasteiger charge is -2.18. The molecule has 22 heavy (non-hydrogen) atoms. The Balaban J connectivity index is 2.74. The van der Waals surface area contributed by atoms with E-state index in [4.69, 9.17) is 9.16 Å². The number of hydrogen-bond donors (Lipinski definition) is 0.